The average Bonchev–Trinajstić information content (AvgIpc) is 2.27. The molecule has 3 nitrogen and oxygen atoms in total. The lowest BCUT2D eigenvalue weighted by Gasteiger charge is -2.24. The van der Waals surface area contributed by atoms with Gasteiger partial charge in [0.2, 0.25) is 0 Å². The van der Waals surface area contributed by atoms with Gasteiger partial charge in [0.15, 0.2) is 0 Å². The summed E-state index contributed by atoms with van der Waals surface area (Å²) in [5.41, 5.74) is 5.80. The number of carbonyl (C=O) groups is 1. The number of rotatable bonds is 4. The maximum atomic E-state index is 12.9. The topological polar surface area (TPSA) is 46.3 Å². The molecule has 0 aromatic heterocycles. The van der Waals surface area contributed by atoms with E-state index in [1.807, 2.05) is 6.92 Å². The van der Waals surface area contributed by atoms with Gasteiger partial charge in [0.05, 0.1) is 0 Å². The van der Waals surface area contributed by atoms with Crippen molar-refractivity contribution >= 4 is 5.91 Å². The van der Waals surface area contributed by atoms with Gasteiger partial charge in [-0.05, 0) is 38.1 Å². The number of halogens is 1. The highest BCUT2D eigenvalue weighted by Gasteiger charge is 2.16. The molecule has 0 bridgehead atoms. The summed E-state index contributed by atoms with van der Waals surface area (Å²) >= 11 is 0. The minimum absolute atomic E-state index is 0.0563. The van der Waals surface area contributed by atoms with Crippen molar-refractivity contribution in [2.45, 2.75) is 19.4 Å². The minimum atomic E-state index is -0.397. The van der Waals surface area contributed by atoms with E-state index in [0.29, 0.717) is 12.1 Å². The summed E-state index contributed by atoms with van der Waals surface area (Å²) in [6.07, 6.45) is 0.734. The van der Waals surface area contributed by atoms with Gasteiger partial charge in [-0.1, -0.05) is 6.07 Å². The van der Waals surface area contributed by atoms with Crippen LogP contribution in [0.3, 0.4) is 0 Å². The predicted octanol–water partition coefficient (Wildman–Crippen LogP) is 1.63. The molecule has 4 heteroatoms. The molecule has 0 spiro atoms. The van der Waals surface area contributed by atoms with Crippen molar-refractivity contribution in [2.75, 3.05) is 13.6 Å². The van der Waals surface area contributed by atoms with Gasteiger partial charge in [-0.15, -0.1) is 0 Å². The second-order valence-electron chi connectivity index (χ2n) is 3.85. The molecule has 0 aliphatic carbocycles. The zero-order valence-electron chi connectivity index (χ0n) is 9.61. The Bertz CT molecular complexity index is 368. The monoisotopic (exact) mass is 224 g/mol. The van der Waals surface area contributed by atoms with Gasteiger partial charge in [-0.25, -0.2) is 4.39 Å². The minimum Gasteiger partial charge on any atom is -0.339 e. The standard InChI is InChI=1S/C12H17FN2O/c1-9(6-7-14)15(2)12(16)10-4-3-5-11(13)8-10/h3-5,8-9H,6-7,14H2,1-2H3. The molecule has 0 fully saturated rings. The number of nitrogens with zero attached hydrogens (tertiary/aromatic N) is 1. The summed E-state index contributed by atoms with van der Waals surface area (Å²) in [6.45, 7) is 2.45. The van der Waals surface area contributed by atoms with Crippen LogP contribution >= 0.6 is 0 Å². The van der Waals surface area contributed by atoms with Crippen molar-refractivity contribution in [3.8, 4) is 0 Å². The van der Waals surface area contributed by atoms with Crippen LogP contribution in [0.15, 0.2) is 24.3 Å². The third-order valence-electron chi connectivity index (χ3n) is 2.64. The first-order valence-corrected chi connectivity index (χ1v) is 5.29. The van der Waals surface area contributed by atoms with E-state index in [2.05, 4.69) is 0 Å². The van der Waals surface area contributed by atoms with E-state index in [0.717, 1.165) is 6.42 Å². The molecule has 0 aliphatic rings. The van der Waals surface area contributed by atoms with Crippen molar-refractivity contribution in [3.05, 3.63) is 35.6 Å². The molecule has 0 heterocycles. The van der Waals surface area contributed by atoms with E-state index in [4.69, 9.17) is 5.73 Å². The van der Waals surface area contributed by atoms with Crippen molar-refractivity contribution in [1.82, 2.24) is 4.90 Å². The molecule has 1 aromatic rings. The Morgan fingerprint density at radius 2 is 2.25 bits per heavy atom. The molecule has 16 heavy (non-hydrogen) atoms. The smallest absolute Gasteiger partial charge is 0.253 e. The molecular weight excluding hydrogens is 207 g/mol. The third kappa shape index (κ3) is 3.03. The Morgan fingerprint density at radius 3 is 2.81 bits per heavy atom. The van der Waals surface area contributed by atoms with E-state index in [1.165, 1.54) is 18.2 Å². The van der Waals surface area contributed by atoms with Crippen molar-refractivity contribution < 1.29 is 9.18 Å². The Hall–Kier alpha value is -1.42. The van der Waals surface area contributed by atoms with Crippen LogP contribution < -0.4 is 5.73 Å². The summed E-state index contributed by atoms with van der Waals surface area (Å²) in [5.74, 6) is -0.578. The van der Waals surface area contributed by atoms with Crippen LogP contribution in [0.5, 0.6) is 0 Å². The van der Waals surface area contributed by atoms with E-state index >= 15 is 0 Å². The molecule has 88 valence electrons. The summed E-state index contributed by atoms with van der Waals surface area (Å²) in [7, 11) is 1.70. The van der Waals surface area contributed by atoms with Gasteiger partial charge >= 0.3 is 0 Å². The van der Waals surface area contributed by atoms with Crippen LogP contribution in [-0.4, -0.2) is 30.4 Å². The van der Waals surface area contributed by atoms with Crippen LogP contribution in [0.2, 0.25) is 0 Å². The molecule has 1 atom stereocenters. The van der Waals surface area contributed by atoms with Gasteiger partial charge in [-0.3, -0.25) is 4.79 Å². The molecule has 1 amide bonds. The molecule has 1 unspecified atom stereocenters. The second kappa shape index (κ2) is 5.61. The SMILES string of the molecule is CC(CCN)N(C)C(=O)c1cccc(F)c1. The van der Waals surface area contributed by atoms with Crippen molar-refractivity contribution in [3.63, 3.8) is 0 Å². The van der Waals surface area contributed by atoms with Crippen LogP contribution in [-0.2, 0) is 0 Å². The Labute approximate surface area is 95.0 Å². The first-order valence-electron chi connectivity index (χ1n) is 5.29. The molecule has 0 saturated carbocycles. The maximum Gasteiger partial charge on any atom is 0.253 e. The summed E-state index contributed by atoms with van der Waals surface area (Å²) in [5, 5.41) is 0. The zero-order valence-corrected chi connectivity index (χ0v) is 9.61. The van der Waals surface area contributed by atoms with E-state index < -0.39 is 5.82 Å². The van der Waals surface area contributed by atoms with Gasteiger partial charge in [0, 0.05) is 18.7 Å². The van der Waals surface area contributed by atoms with Crippen LogP contribution in [0.1, 0.15) is 23.7 Å². The van der Waals surface area contributed by atoms with Gasteiger partial charge < -0.3 is 10.6 Å². The largest absolute Gasteiger partial charge is 0.339 e. The van der Waals surface area contributed by atoms with Crippen LogP contribution in [0.25, 0.3) is 0 Å². The average molecular weight is 224 g/mol. The fourth-order valence-electron chi connectivity index (χ4n) is 1.46. The molecule has 0 saturated heterocycles. The molecule has 1 aromatic carbocycles. The van der Waals surface area contributed by atoms with E-state index in [1.54, 1.807) is 18.0 Å². The lowest BCUT2D eigenvalue weighted by Crippen LogP contribution is -2.36. The molecule has 0 aliphatic heterocycles. The highest BCUT2D eigenvalue weighted by atomic mass is 19.1. The highest BCUT2D eigenvalue weighted by molar-refractivity contribution is 5.94. The normalized spacial score (nSPS) is 12.2. The van der Waals surface area contributed by atoms with E-state index in [-0.39, 0.29) is 11.9 Å². The van der Waals surface area contributed by atoms with Crippen LogP contribution in [0, 0.1) is 5.82 Å². The number of benzene rings is 1. The third-order valence-corrected chi connectivity index (χ3v) is 2.64. The molecular formula is C12H17FN2O. The summed E-state index contributed by atoms with van der Waals surface area (Å²) < 4.78 is 12.9. The summed E-state index contributed by atoms with van der Waals surface area (Å²) in [4.78, 5) is 13.5. The number of amides is 1. The lowest BCUT2D eigenvalue weighted by molar-refractivity contribution is 0.0738. The Kier molecular flexibility index (Phi) is 4.43. The first kappa shape index (κ1) is 12.6. The number of hydrogen-bond acceptors (Lipinski definition) is 2. The van der Waals surface area contributed by atoms with Gasteiger partial charge in [-0.2, -0.15) is 0 Å². The fourth-order valence-corrected chi connectivity index (χ4v) is 1.46. The molecule has 1 rings (SSSR count). The Balaban J connectivity index is 2.77. The van der Waals surface area contributed by atoms with Crippen LogP contribution in [0.4, 0.5) is 4.39 Å². The quantitative estimate of drug-likeness (QED) is 0.845. The first-order chi connectivity index (χ1) is 7.56. The summed E-state index contributed by atoms with van der Waals surface area (Å²) in [6, 6.07) is 5.76. The van der Waals surface area contributed by atoms with Crippen molar-refractivity contribution in [1.29, 1.82) is 0 Å². The van der Waals surface area contributed by atoms with Crippen molar-refractivity contribution in [2.24, 2.45) is 5.73 Å². The fraction of sp³-hybridized carbons (Fsp3) is 0.417. The van der Waals surface area contributed by atoms with E-state index in [9.17, 15) is 9.18 Å². The highest BCUT2D eigenvalue weighted by Crippen LogP contribution is 2.09. The Morgan fingerprint density at radius 1 is 1.56 bits per heavy atom. The van der Waals surface area contributed by atoms with Gasteiger partial charge in [0.1, 0.15) is 5.82 Å². The maximum absolute atomic E-state index is 12.9. The van der Waals surface area contributed by atoms with Gasteiger partial charge in [0.25, 0.3) is 5.91 Å². The number of nitrogens with two attached hydrogens (primary N) is 1. The lowest BCUT2D eigenvalue weighted by atomic mass is 10.1. The predicted molar refractivity (Wildman–Crippen MR) is 61.6 cm³/mol. The molecule has 2 N–H and O–H groups in total. The molecule has 0 radical (unpaired) electrons. The zero-order chi connectivity index (χ0) is 12.1. The number of carbonyl (C=O) groups excluding carboxylic acids is 1. The second-order valence-corrected chi connectivity index (χ2v) is 3.85. The number of hydrogen-bond donors (Lipinski definition) is 1.